The fourth-order valence-corrected chi connectivity index (χ4v) is 1.54. The van der Waals surface area contributed by atoms with Crippen LogP contribution in [0.3, 0.4) is 0 Å². The molecule has 2 N–H and O–H groups in total. The summed E-state index contributed by atoms with van der Waals surface area (Å²) in [6, 6.07) is 6.78. The number of hydrogen-bond donors (Lipinski definition) is 2. The lowest BCUT2D eigenvalue weighted by atomic mass is 9.89. The predicted molar refractivity (Wildman–Crippen MR) is 72.2 cm³/mol. The van der Waals surface area contributed by atoms with Crippen molar-refractivity contribution in [3.8, 4) is 0 Å². The summed E-state index contributed by atoms with van der Waals surface area (Å²) in [4.78, 5) is 10.7. The highest BCUT2D eigenvalue weighted by Crippen LogP contribution is 2.21. The zero-order valence-electron chi connectivity index (χ0n) is 11.2. The first-order valence-electron chi connectivity index (χ1n) is 6.01. The Labute approximate surface area is 108 Å². The van der Waals surface area contributed by atoms with E-state index in [4.69, 9.17) is 9.84 Å². The molecule has 0 amide bonds. The minimum Gasteiger partial charge on any atom is -0.478 e. The molecule has 0 fully saturated rings. The van der Waals surface area contributed by atoms with Crippen molar-refractivity contribution in [2.75, 3.05) is 25.6 Å². The fourth-order valence-electron chi connectivity index (χ4n) is 1.54. The van der Waals surface area contributed by atoms with E-state index in [0.29, 0.717) is 5.56 Å². The Kier molecular flexibility index (Phi) is 5.16. The third-order valence-corrected chi connectivity index (χ3v) is 2.89. The van der Waals surface area contributed by atoms with Crippen LogP contribution in [-0.4, -0.2) is 31.3 Å². The quantitative estimate of drug-likeness (QED) is 0.782. The molecule has 0 bridgehead atoms. The van der Waals surface area contributed by atoms with Crippen molar-refractivity contribution in [1.82, 2.24) is 0 Å². The van der Waals surface area contributed by atoms with Gasteiger partial charge in [0, 0.05) is 25.9 Å². The average Bonchev–Trinajstić information content (AvgIpc) is 2.35. The van der Waals surface area contributed by atoms with Crippen LogP contribution in [0.2, 0.25) is 0 Å². The summed E-state index contributed by atoms with van der Waals surface area (Å²) in [5, 5.41) is 12.1. The van der Waals surface area contributed by atoms with E-state index in [1.54, 1.807) is 31.4 Å². The van der Waals surface area contributed by atoms with Gasteiger partial charge in [0.2, 0.25) is 0 Å². The van der Waals surface area contributed by atoms with Crippen molar-refractivity contribution in [1.29, 1.82) is 0 Å². The summed E-state index contributed by atoms with van der Waals surface area (Å²) in [7, 11) is 1.70. The molecule has 0 aliphatic heterocycles. The first-order valence-corrected chi connectivity index (χ1v) is 6.01. The Balaban J connectivity index is 2.50. The maximum atomic E-state index is 10.7. The van der Waals surface area contributed by atoms with Crippen LogP contribution in [0.15, 0.2) is 24.3 Å². The van der Waals surface area contributed by atoms with Crippen LogP contribution in [0, 0.1) is 5.41 Å². The van der Waals surface area contributed by atoms with Gasteiger partial charge in [-0.05, 0) is 36.1 Å². The molecular weight excluding hydrogens is 230 g/mol. The minimum absolute atomic E-state index is 0.140. The Morgan fingerprint density at radius 1 is 1.33 bits per heavy atom. The highest BCUT2D eigenvalue weighted by Gasteiger charge is 2.17. The van der Waals surface area contributed by atoms with E-state index < -0.39 is 5.97 Å². The van der Waals surface area contributed by atoms with Gasteiger partial charge in [-0.2, -0.15) is 0 Å². The largest absolute Gasteiger partial charge is 0.478 e. The van der Waals surface area contributed by atoms with E-state index in [9.17, 15) is 4.79 Å². The van der Waals surface area contributed by atoms with Crippen LogP contribution >= 0.6 is 0 Å². The molecule has 0 heterocycles. The monoisotopic (exact) mass is 251 g/mol. The maximum absolute atomic E-state index is 10.7. The second-order valence-corrected chi connectivity index (χ2v) is 5.14. The van der Waals surface area contributed by atoms with E-state index in [-0.39, 0.29) is 5.41 Å². The molecule has 0 aliphatic carbocycles. The molecule has 0 saturated heterocycles. The molecule has 0 atom stereocenters. The molecule has 1 rings (SSSR count). The molecule has 1 aromatic carbocycles. The van der Waals surface area contributed by atoms with Gasteiger partial charge in [0.05, 0.1) is 5.56 Å². The Morgan fingerprint density at radius 3 is 2.44 bits per heavy atom. The average molecular weight is 251 g/mol. The number of hydrogen-bond acceptors (Lipinski definition) is 3. The molecule has 0 aliphatic rings. The summed E-state index contributed by atoms with van der Waals surface area (Å²) in [6.45, 7) is 5.91. The third kappa shape index (κ3) is 4.75. The number of carboxylic acids is 1. The summed E-state index contributed by atoms with van der Waals surface area (Å²) in [6.07, 6.45) is 0.976. The standard InChI is InChI=1S/C14H21NO3/c1-14(2,8-9-18-3)10-15-12-6-4-11(5-7-12)13(16)17/h4-7,15H,8-10H2,1-3H3,(H,16,17). The van der Waals surface area contributed by atoms with Gasteiger partial charge in [0.1, 0.15) is 0 Å². The second-order valence-electron chi connectivity index (χ2n) is 5.14. The van der Waals surface area contributed by atoms with Crippen LogP contribution < -0.4 is 5.32 Å². The molecular formula is C14H21NO3. The first-order chi connectivity index (χ1) is 8.44. The van der Waals surface area contributed by atoms with Crippen LogP contribution in [-0.2, 0) is 4.74 Å². The molecule has 0 spiro atoms. The SMILES string of the molecule is COCCC(C)(C)CNc1ccc(C(=O)O)cc1. The highest BCUT2D eigenvalue weighted by atomic mass is 16.5. The molecule has 18 heavy (non-hydrogen) atoms. The van der Waals surface area contributed by atoms with Crippen LogP contribution in [0.4, 0.5) is 5.69 Å². The van der Waals surface area contributed by atoms with Crippen molar-refractivity contribution < 1.29 is 14.6 Å². The fraction of sp³-hybridized carbons (Fsp3) is 0.500. The predicted octanol–water partition coefficient (Wildman–Crippen LogP) is 2.86. The van der Waals surface area contributed by atoms with Gasteiger partial charge >= 0.3 is 5.97 Å². The summed E-state index contributed by atoms with van der Waals surface area (Å²) in [5.74, 6) is -0.901. The van der Waals surface area contributed by atoms with Gasteiger partial charge in [-0.1, -0.05) is 13.8 Å². The van der Waals surface area contributed by atoms with Gasteiger partial charge in [-0.25, -0.2) is 4.79 Å². The maximum Gasteiger partial charge on any atom is 0.335 e. The van der Waals surface area contributed by atoms with E-state index >= 15 is 0 Å². The lowest BCUT2D eigenvalue weighted by Crippen LogP contribution is -2.24. The molecule has 4 heteroatoms. The summed E-state index contributed by atoms with van der Waals surface area (Å²) >= 11 is 0. The normalized spacial score (nSPS) is 11.3. The molecule has 0 aromatic heterocycles. The van der Waals surface area contributed by atoms with Crippen molar-refractivity contribution in [2.24, 2.45) is 5.41 Å². The van der Waals surface area contributed by atoms with Crippen LogP contribution in [0.25, 0.3) is 0 Å². The Bertz CT molecular complexity index is 385. The van der Waals surface area contributed by atoms with Gasteiger partial charge in [0.15, 0.2) is 0 Å². The first kappa shape index (κ1) is 14.5. The summed E-state index contributed by atoms with van der Waals surface area (Å²) < 4.78 is 5.08. The Morgan fingerprint density at radius 2 is 1.94 bits per heavy atom. The number of benzene rings is 1. The highest BCUT2D eigenvalue weighted by molar-refractivity contribution is 5.87. The number of carboxylic acid groups (broad SMARTS) is 1. The van der Waals surface area contributed by atoms with E-state index in [2.05, 4.69) is 19.2 Å². The van der Waals surface area contributed by atoms with E-state index in [1.807, 2.05) is 0 Å². The van der Waals surface area contributed by atoms with Gasteiger partial charge in [0.25, 0.3) is 0 Å². The van der Waals surface area contributed by atoms with Crippen molar-refractivity contribution in [3.05, 3.63) is 29.8 Å². The minimum atomic E-state index is -0.901. The lowest BCUT2D eigenvalue weighted by Gasteiger charge is -2.25. The molecule has 100 valence electrons. The lowest BCUT2D eigenvalue weighted by molar-refractivity contribution is 0.0697. The van der Waals surface area contributed by atoms with Crippen molar-refractivity contribution >= 4 is 11.7 Å². The van der Waals surface area contributed by atoms with Gasteiger partial charge in [-0.15, -0.1) is 0 Å². The molecule has 0 saturated carbocycles. The van der Waals surface area contributed by atoms with E-state index in [1.165, 1.54) is 0 Å². The third-order valence-electron chi connectivity index (χ3n) is 2.89. The van der Waals surface area contributed by atoms with Crippen molar-refractivity contribution in [2.45, 2.75) is 20.3 Å². The van der Waals surface area contributed by atoms with E-state index in [0.717, 1.165) is 25.3 Å². The number of anilines is 1. The smallest absolute Gasteiger partial charge is 0.335 e. The van der Waals surface area contributed by atoms with Gasteiger partial charge in [-0.3, -0.25) is 0 Å². The van der Waals surface area contributed by atoms with Gasteiger partial charge < -0.3 is 15.2 Å². The molecule has 0 radical (unpaired) electrons. The molecule has 1 aromatic rings. The van der Waals surface area contributed by atoms with Crippen LogP contribution in [0.1, 0.15) is 30.6 Å². The number of nitrogens with one attached hydrogen (secondary N) is 1. The zero-order chi connectivity index (χ0) is 13.6. The molecule has 0 unspecified atom stereocenters. The topological polar surface area (TPSA) is 58.6 Å². The number of ether oxygens (including phenoxy) is 1. The molecule has 4 nitrogen and oxygen atoms in total. The van der Waals surface area contributed by atoms with Crippen molar-refractivity contribution in [3.63, 3.8) is 0 Å². The Hall–Kier alpha value is -1.55. The second kappa shape index (κ2) is 6.40. The summed E-state index contributed by atoms with van der Waals surface area (Å²) in [5.41, 5.74) is 1.38. The number of carbonyl (C=O) groups is 1. The number of rotatable bonds is 7. The van der Waals surface area contributed by atoms with Crippen LogP contribution in [0.5, 0.6) is 0 Å². The number of aromatic carboxylic acids is 1. The zero-order valence-corrected chi connectivity index (χ0v) is 11.2. The number of methoxy groups -OCH3 is 1.